The van der Waals surface area contributed by atoms with E-state index >= 15 is 0 Å². The minimum Gasteiger partial charge on any atom is -0.493 e. The van der Waals surface area contributed by atoms with Gasteiger partial charge in [-0.1, -0.05) is 6.07 Å². The largest absolute Gasteiger partial charge is 0.493 e. The first-order chi connectivity index (χ1) is 17.5. The topological polar surface area (TPSA) is 81.4 Å². The van der Waals surface area contributed by atoms with Crippen LogP contribution < -0.4 is 28.4 Å². The Kier molecular flexibility index (Phi) is 7.24. The van der Waals surface area contributed by atoms with E-state index in [0.29, 0.717) is 46.0 Å². The predicted octanol–water partition coefficient (Wildman–Crippen LogP) is 5.78. The molecule has 1 heterocycles. The van der Waals surface area contributed by atoms with Crippen LogP contribution in [0.15, 0.2) is 46.9 Å². The fourth-order valence-corrected chi connectivity index (χ4v) is 4.05. The lowest BCUT2D eigenvalue weighted by molar-refractivity contribution is 0.324. The van der Waals surface area contributed by atoms with Crippen LogP contribution in [0.5, 0.6) is 34.5 Å². The van der Waals surface area contributed by atoms with Crippen molar-refractivity contribution in [2.45, 2.75) is 6.92 Å². The number of ether oxygens (including phenoxy) is 6. The highest BCUT2D eigenvalue weighted by Crippen LogP contribution is 2.45. The molecule has 4 rings (SSSR count). The SMILES string of the molecule is COc1cc(C(=Cc2nc3cc(C)ccc3o2)c2cc(OC)c(OC)c(OC)c2)cc(OC)c1OC. The van der Waals surface area contributed by atoms with Crippen LogP contribution in [0, 0.1) is 6.92 Å². The molecule has 1 aromatic heterocycles. The normalized spacial score (nSPS) is 10.6. The zero-order valence-corrected chi connectivity index (χ0v) is 21.4. The zero-order chi connectivity index (χ0) is 25.8. The van der Waals surface area contributed by atoms with Crippen molar-refractivity contribution in [3.05, 3.63) is 65.0 Å². The molecule has 0 saturated heterocycles. The van der Waals surface area contributed by atoms with Crippen LogP contribution in [0.3, 0.4) is 0 Å². The van der Waals surface area contributed by atoms with E-state index < -0.39 is 0 Å². The van der Waals surface area contributed by atoms with Crippen LogP contribution in [0.25, 0.3) is 22.7 Å². The second kappa shape index (κ2) is 10.5. The number of rotatable bonds is 9. The molecule has 3 aromatic carbocycles. The van der Waals surface area contributed by atoms with Crippen molar-refractivity contribution >= 4 is 22.7 Å². The van der Waals surface area contributed by atoms with Gasteiger partial charge in [0.05, 0.1) is 42.7 Å². The fraction of sp³-hybridized carbons (Fsp3) is 0.250. The van der Waals surface area contributed by atoms with Gasteiger partial charge in [-0.3, -0.25) is 0 Å². The molecule has 0 aliphatic carbocycles. The van der Waals surface area contributed by atoms with Crippen molar-refractivity contribution in [2.24, 2.45) is 0 Å². The molecule has 0 amide bonds. The van der Waals surface area contributed by atoms with Crippen molar-refractivity contribution < 1.29 is 32.8 Å². The lowest BCUT2D eigenvalue weighted by Crippen LogP contribution is -2.00. The van der Waals surface area contributed by atoms with Crippen molar-refractivity contribution in [1.82, 2.24) is 4.98 Å². The average molecular weight is 492 g/mol. The summed E-state index contributed by atoms with van der Waals surface area (Å²) >= 11 is 0. The standard InChI is InChI=1S/C28H29NO7/c1-16-8-9-21-20(10-16)29-26(36-21)15-19(17-11-22(30-2)27(34-6)23(12-17)31-3)18-13-24(32-4)28(35-7)25(14-18)33-5/h8-15H,1-7H3. The molecule has 8 heteroatoms. The predicted molar refractivity (Wildman–Crippen MR) is 138 cm³/mol. The third-order valence-electron chi connectivity index (χ3n) is 5.78. The van der Waals surface area contributed by atoms with Crippen LogP contribution in [0.4, 0.5) is 0 Å². The van der Waals surface area contributed by atoms with E-state index in [4.69, 9.17) is 32.8 Å². The van der Waals surface area contributed by atoms with Gasteiger partial charge >= 0.3 is 0 Å². The molecule has 0 spiro atoms. The molecular weight excluding hydrogens is 462 g/mol. The Bertz CT molecular complexity index is 1310. The number of aromatic nitrogens is 1. The molecular formula is C28H29NO7. The second-order valence-electron chi connectivity index (χ2n) is 7.91. The van der Waals surface area contributed by atoms with E-state index in [1.807, 2.05) is 55.5 Å². The Morgan fingerprint density at radius 1 is 0.667 bits per heavy atom. The maximum absolute atomic E-state index is 6.05. The summed E-state index contributed by atoms with van der Waals surface area (Å²) < 4.78 is 39.5. The van der Waals surface area contributed by atoms with Gasteiger partial charge in [-0.15, -0.1) is 0 Å². The first kappa shape index (κ1) is 24.8. The van der Waals surface area contributed by atoms with Gasteiger partial charge in [0.25, 0.3) is 0 Å². The number of methoxy groups -OCH3 is 6. The third-order valence-corrected chi connectivity index (χ3v) is 5.78. The zero-order valence-electron chi connectivity index (χ0n) is 21.4. The second-order valence-corrected chi connectivity index (χ2v) is 7.91. The highest BCUT2D eigenvalue weighted by atomic mass is 16.5. The van der Waals surface area contributed by atoms with Gasteiger partial charge in [-0.2, -0.15) is 0 Å². The molecule has 36 heavy (non-hydrogen) atoms. The lowest BCUT2D eigenvalue weighted by atomic mass is 9.95. The molecule has 0 N–H and O–H groups in total. The minimum atomic E-state index is 0.438. The maximum atomic E-state index is 6.05. The summed E-state index contributed by atoms with van der Waals surface area (Å²) in [6.45, 7) is 2.01. The van der Waals surface area contributed by atoms with Crippen molar-refractivity contribution in [1.29, 1.82) is 0 Å². The smallest absolute Gasteiger partial charge is 0.220 e. The average Bonchev–Trinajstić information content (AvgIpc) is 3.31. The molecule has 4 aromatic rings. The van der Waals surface area contributed by atoms with Crippen LogP contribution in [0.2, 0.25) is 0 Å². The van der Waals surface area contributed by atoms with Gasteiger partial charge in [0.2, 0.25) is 17.4 Å². The molecule has 0 saturated carbocycles. The quantitative estimate of drug-likeness (QED) is 0.292. The minimum absolute atomic E-state index is 0.438. The van der Waals surface area contributed by atoms with E-state index in [1.54, 1.807) is 42.7 Å². The van der Waals surface area contributed by atoms with Gasteiger partial charge in [0, 0.05) is 6.08 Å². The van der Waals surface area contributed by atoms with E-state index in [0.717, 1.165) is 27.8 Å². The lowest BCUT2D eigenvalue weighted by Gasteiger charge is -2.18. The van der Waals surface area contributed by atoms with Gasteiger partial charge in [-0.05, 0) is 65.6 Å². The Balaban J connectivity index is 2.01. The molecule has 0 aliphatic rings. The number of hydrogen-bond acceptors (Lipinski definition) is 8. The number of benzene rings is 3. The molecule has 0 radical (unpaired) electrons. The molecule has 0 fully saturated rings. The number of hydrogen-bond donors (Lipinski definition) is 0. The van der Waals surface area contributed by atoms with E-state index in [2.05, 4.69) is 4.98 Å². The Labute approximate surface area is 210 Å². The van der Waals surface area contributed by atoms with Crippen LogP contribution in [-0.2, 0) is 0 Å². The number of aryl methyl sites for hydroxylation is 1. The van der Waals surface area contributed by atoms with Crippen molar-refractivity contribution in [3.63, 3.8) is 0 Å². The van der Waals surface area contributed by atoms with Crippen molar-refractivity contribution in [2.75, 3.05) is 42.7 Å². The van der Waals surface area contributed by atoms with Crippen LogP contribution in [0.1, 0.15) is 22.6 Å². The van der Waals surface area contributed by atoms with E-state index in [1.165, 1.54) is 0 Å². The Morgan fingerprint density at radius 3 is 1.56 bits per heavy atom. The molecule has 0 bridgehead atoms. The summed E-state index contributed by atoms with van der Waals surface area (Å²) in [5, 5.41) is 0. The molecule has 0 atom stereocenters. The van der Waals surface area contributed by atoms with Crippen LogP contribution in [-0.4, -0.2) is 47.6 Å². The van der Waals surface area contributed by atoms with E-state index in [-0.39, 0.29) is 0 Å². The molecule has 8 nitrogen and oxygen atoms in total. The van der Waals surface area contributed by atoms with Gasteiger partial charge in [-0.25, -0.2) is 4.98 Å². The van der Waals surface area contributed by atoms with Gasteiger partial charge in [0.1, 0.15) is 5.52 Å². The first-order valence-corrected chi connectivity index (χ1v) is 11.2. The first-order valence-electron chi connectivity index (χ1n) is 11.2. The van der Waals surface area contributed by atoms with Crippen LogP contribution >= 0.6 is 0 Å². The summed E-state index contributed by atoms with van der Waals surface area (Å²) in [6, 6.07) is 13.3. The summed E-state index contributed by atoms with van der Waals surface area (Å²) in [5.41, 5.74) is 4.88. The highest BCUT2D eigenvalue weighted by Gasteiger charge is 2.21. The van der Waals surface area contributed by atoms with Gasteiger partial charge in [0.15, 0.2) is 28.6 Å². The fourth-order valence-electron chi connectivity index (χ4n) is 4.05. The number of fused-ring (bicyclic) bond motifs is 1. The number of oxazole rings is 1. The summed E-state index contributed by atoms with van der Waals surface area (Å²) in [5.74, 6) is 3.47. The summed E-state index contributed by atoms with van der Waals surface area (Å²) in [6.07, 6.45) is 1.86. The van der Waals surface area contributed by atoms with Crippen molar-refractivity contribution in [3.8, 4) is 34.5 Å². The number of nitrogens with zero attached hydrogens (tertiary/aromatic N) is 1. The third kappa shape index (κ3) is 4.62. The highest BCUT2D eigenvalue weighted by molar-refractivity contribution is 5.93. The van der Waals surface area contributed by atoms with E-state index in [9.17, 15) is 0 Å². The maximum Gasteiger partial charge on any atom is 0.220 e. The molecule has 188 valence electrons. The summed E-state index contributed by atoms with van der Waals surface area (Å²) in [4.78, 5) is 4.68. The molecule has 0 aliphatic heterocycles. The molecule has 0 unspecified atom stereocenters. The Hall–Kier alpha value is -4.33. The van der Waals surface area contributed by atoms with Gasteiger partial charge < -0.3 is 32.8 Å². The monoisotopic (exact) mass is 491 g/mol. The summed E-state index contributed by atoms with van der Waals surface area (Å²) in [7, 11) is 9.44. The Morgan fingerprint density at radius 2 is 1.14 bits per heavy atom.